The molecule has 0 N–H and O–H groups in total. The summed E-state index contributed by atoms with van der Waals surface area (Å²) in [6.07, 6.45) is 2.03. The summed E-state index contributed by atoms with van der Waals surface area (Å²) in [4.78, 5) is 11.5. The quantitative estimate of drug-likeness (QED) is 0.630. The van der Waals surface area contributed by atoms with Crippen LogP contribution in [-0.4, -0.2) is 38.0 Å². The zero-order valence-electron chi connectivity index (χ0n) is 10.1. The third kappa shape index (κ3) is 2.14. The lowest BCUT2D eigenvalue weighted by molar-refractivity contribution is -0.237. The molecule has 2 saturated heterocycles. The van der Waals surface area contributed by atoms with Gasteiger partial charge in [0, 0.05) is 18.3 Å². The van der Waals surface area contributed by atoms with Crippen LogP contribution in [0.3, 0.4) is 0 Å². The number of hydrogen-bond acceptors (Lipinski definition) is 4. The van der Waals surface area contributed by atoms with Crippen LogP contribution in [0, 0.1) is 5.41 Å². The van der Waals surface area contributed by atoms with E-state index in [-0.39, 0.29) is 17.8 Å². The Morgan fingerprint density at radius 2 is 1.75 bits per heavy atom. The van der Waals surface area contributed by atoms with E-state index in [4.69, 9.17) is 14.2 Å². The molecule has 0 amide bonds. The Labute approximate surface area is 96.2 Å². The summed E-state index contributed by atoms with van der Waals surface area (Å²) < 4.78 is 17.0. The van der Waals surface area contributed by atoms with Crippen LogP contribution < -0.4 is 0 Å². The van der Waals surface area contributed by atoms with Gasteiger partial charge in [0.25, 0.3) is 0 Å². The van der Waals surface area contributed by atoms with Crippen molar-refractivity contribution in [2.75, 3.05) is 26.4 Å². The van der Waals surface area contributed by atoms with Gasteiger partial charge in [0.1, 0.15) is 6.61 Å². The molecule has 0 unspecified atom stereocenters. The van der Waals surface area contributed by atoms with E-state index in [1.807, 2.05) is 0 Å². The minimum Gasteiger partial charge on any atom is -0.373 e. The van der Waals surface area contributed by atoms with Crippen molar-refractivity contribution < 1.29 is 19.0 Å². The molecule has 0 saturated carbocycles. The first-order chi connectivity index (χ1) is 7.56. The minimum absolute atomic E-state index is 0.146. The van der Waals surface area contributed by atoms with Gasteiger partial charge in [-0.1, -0.05) is 13.8 Å². The fourth-order valence-electron chi connectivity index (χ4n) is 2.44. The zero-order valence-corrected chi connectivity index (χ0v) is 10.1. The van der Waals surface area contributed by atoms with Crippen LogP contribution >= 0.6 is 0 Å². The van der Waals surface area contributed by atoms with E-state index in [0.29, 0.717) is 32.7 Å². The number of carbonyl (C=O) groups excluding carboxylic acids is 1. The fourth-order valence-corrected chi connectivity index (χ4v) is 2.44. The van der Waals surface area contributed by atoms with Gasteiger partial charge in [0.05, 0.1) is 19.8 Å². The van der Waals surface area contributed by atoms with E-state index >= 15 is 0 Å². The molecule has 0 bridgehead atoms. The van der Waals surface area contributed by atoms with E-state index in [1.165, 1.54) is 0 Å². The summed E-state index contributed by atoms with van der Waals surface area (Å²) in [6.45, 7) is 6.24. The van der Waals surface area contributed by atoms with Gasteiger partial charge < -0.3 is 14.2 Å². The van der Waals surface area contributed by atoms with Gasteiger partial charge in [0.15, 0.2) is 11.6 Å². The molecule has 2 aliphatic heterocycles. The second-order valence-electron chi connectivity index (χ2n) is 5.17. The molecule has 2 fully saturated rings. The first-order valence-electron chi connectivity index (χ1n) is 5.93. The molecule has 0 aliphatic carbocycles. The lowest BCUT2D eigenvalue weighted by atomic mass is 9.77. The average Bonchev–Trinajstić information content (AvgIpc) is 2.72. The highest BCUT2D eigenvalue weighted by Crippen LogP contribution is 2.44. The highest BCUT2D eigenvalue weighted by Gasteiger charge is 2.49. The second kappa shape index (κ2) is 4.43. The molecule has 2 heterocycles. The van der Waals surface area contributed by atoms with Crippen molar-refractivity contribution in [3.63, 3.8) is 0 Å². The normalized spacial score (nSPS) is 29.8. The van der Waals surface area contributed by atoms with Crippen molar-refractivity contribution in [3.8, 4) is 0 Å². The smallest absolute Gasteiger partial charge is 0.175 e. The Hall–Kier alpha value is -0.450. The predicted molar refractivity (Wildman–Crippen MR) is 58.1 cm³/mol. The monoisotopic (exact) mass is 228 g/mol. The average molecular weight is 228 g/mol. The Kier molecular flexibility index (Phi) is 3.33. The third-order valence-electron chi connectivity index (χ3n) is 3.65. The maximum Gasteiger partial charge on any atom is 0.175 e. The molecule has 2 aliphatic rings. The number of hydrogen-bond donors (Lipinski definition) is 0. The Morgan fingerprint density at radius 3 is 2.44 bits per heavy atom. The van der Waals surface area contributed by atoms with Crippen LogP contribution in [-0.2, 0) is 19.0 Å². The molecule has 0 aromatic carbocycles. The summed E-state index contributed by atoms with van der Waals surface area (Å²) in [5.74, 6) is -0.388. The van der Waals surface area contributed by atoms with Crippen molar-refractivity contribution in [2.24, 2.45) is 5.41 Å². The van der Waals surface area contributed by atoms with E-state index in [9.17, 15) is 4.79 Å². The number of ketones is 1. The summed E-state index contributed by atoms with van der Waals surface area (Å²) >= 11 is 0. The topological polar surface area (TPSA) is 44.8 Å². The molecule has 0 atom stereocenters. The number of Topliss-reactive ketones (excluding diaryl/α,β-unsaturated/α-hetero) is 1. The summed E-state index contributed by atoms with van der Waals surface area (Å²) in [5.41, 5.74) is -0.146. The van der Waals surface area contributed by atoms with Crippen LogP contribution in [0.15, 0.2) is 0 Å². The van der Waals surface area contributed by atoms with Gasteiger partial charge in [-0.25, -0.2) is 0 Å². The summed E-state index contributed by atoms with van der Waals surface area (Å²) in [6, 6.07) is 0. The van der Waals surface area contributed by atoms with Crippen LogP contribution in [0.4, 0.5) is 0 Å². The van der Waals surface area contributed by atoms with Gasteiger partial charge >= 0.3 is 0 Å². The Balaban J connectivity index is 2.17. The van der Waals surface area contributed by atoms with Crippen LogP contribution in [0.25, 0.3) is 0 Å². The molecule has 1 spiro atoms. The maximum absolute atomic E-state index is 11.5. The zero-order chi connectivity index (χ0) is 11.6. The van der Waals surface area contributed by atoms with Crippen LogP contribution in [0.5, 0.6) is 0 Å². The maximum atomic E-state index is 11.5. The molecular formula is C12H20O4. The molecule has 0 radical (unpaired) electrons. The summed E-state index contributed by atoms with van der Waals surface area (Å²) in [7, 11) is 0. The number of carbonyl (C=O) groups is 1. The molecule has 16 heavy (non-hydrogen) atoms. The van der Waals surface area contributed by atoms with Crippen molar-refractivity contribution in [1.29, 1.82) is 0 Å². The van der Waals surface area contributed by atoms with Gasteiger partial charge in [0.2, 0.25) is 0 Å². The standard InChI is InChI=1S/C12H20O4/c1-11(2)4-3-10(13)9-14-6-5-12(11)15-7-8-16-12/h3-9H2,1-2H3. The SMILES string of the molecule is CC1(C)CCC(=O)COCCC12OCCO2. The Bertz CT molecular complexity index is 266. The number of rotatable bonds is 0. The van der Waals surface area contributed by atoms with Crippen molar-refractivity contribution >= 4 is 5.78 Å². The van der Waals surface area contributed by atoms with E-state index in [2.05, 4.69) is 13.8 Å². The van der Waals surface area contributed by atoms with E-state index < -0.39 is 5.79 Å². The largest absolute Gasteiger partial charge is 0.373 e. The first-order valence-corrected chi connectivity index (χ1v) is 5.93. The Morgan fingerprint density at radius 1 is 1.06 bits per heavy atom. The van der Waals surface area contributed by atoms with Gasteiger partial charge in [-0.2, -0.15) is 0 Å². The fraction of sp³-hybridized carbons (Fsp3) is 0.917. The van der Waals surface area contributed by atoms with E-state index in [1.54, 1.807) is 0 Å². The number of ether oxygens (including phenoxy) is 3. The minimum atomic E-state index is -0.558. The summed E-state index contributed by atoms with van der Waals surface area (Å²) in [5, 5.41) is 0. The highest BCUT2D eigenvalue weighted by molar-refractivity contribution is 5.79. The van der Waals surface area contributed by atoms with Gasteiger partial charge in [-0.05, 0) is 6.42 Å². The van der Waals surface area contributed by atoms with Crippen LogP contribution in [0.2, 0.25) is 0 Å². The molecule has 4 heteroatoms. The molecule has 4 nitrogen and oxygen atoms in total. The third-order valence-corrected chi connectivity index (χ3v) is 3.65. The van der Waals surface area contributed by atoms with Crippen molar-refractivity contribution in [2.45, 2.75) is 38.9 Å². The molecule has 2 rings (SSSR count). The highest BCUT2D eigenvalue weighted by atomic mass is 16.7. The van der Waals surface area contributed by atoms with E-state index in [0.717, 1.165) is 6.42 Å². The second-order valence-corrected chi connectivity index (χ2v) is 5.17. The molecule has 0 aromatic heterocycles. The van der Waals surface area contributed by atoms with Crippen LogP contribution in [0.1, 0.15) is 33.1 Å². The predicted octanol–water partition coefficient (Wildman–Crippen LogP) is 1.53. The first kappa shape index (κ1) is 12.0. The van der Waals surface area contributed by atoms with Gasteiger partial charge in [-0.15, -0.1) is 0 Å². The lowest BCUT2D eigenvalue weighted by Gasteiger charge is -2.41. The van der Waals surface area contributed by atoms with Crippen molar-refractivity contribution in [3.05, 3.63) is 0 Å². The molecule has 92 valence electrons. The molecule has 0 aromatic rings. The van der Waals surface area contributed by atoms with Crippen molar-refractivity contribution in [1.82, 2.24) is 0 Å². The molecular weight excluding hydrogens is 208 g/mol. The van der Waals surface area contributed by atoms with Gasteiger partial charge in [-0.3, -0.25) is 4.79 Å². The lowest BCUT2D eigenvalue weighted by Crippen LogP contribution is -2.46.